The molecule has 0 aromatic heterocycles. The Bertz CT molecular complexity index is 944. The summed E-state index contributed by atoms with van der Waals surface area (Å²) < 4.78 is 5.80. The van der Waals surface area contributed by atoms with Crippen molar-refractivity contribution in [1.82, 2.24) is 9.80 Å². The molecule has 2 aromatic carbocycles. The van der Waals surface area contributed by atoms with Crippen LogP contribution in [0.3, 0.4) is 0 Å². The second-order valence-corrected chi connectivity index (χ2v) is 8.24. The predicted octanol–water partition coefficient (Wildman–Crippen LogP) is 3.95. The maximum atomic E-state index is 12.8. The van der Waals surface area contributed by atoms with Crippen LogP contribution in [0.2, 0.25) is 0 Å². The molecule has 1 fully saturated rings. The molecule has 1 aliphatic heterocycles. The van der Waals surface area contributed by atoms with Crippen LogP contribution in [-0.2, 0) is 16.1 Å². The summed E-state index contributed by atoms with van der Waals surface area (Å²) in [7, 11) is 3.36. The fraction of sp³-hybridized carbons (Fsp3) is 0.227. The molecule has 5 nitrogen and oxygen atoms in total. The average Bonchev–Trinajstić information content (AvgIpc) is 3.00. The summed E-state index contributed by atoms with van der Waals surface area (Å²) in [5.41, 5.74) is 1.88. The maximum Gasteiger partial charge on any atom is 0.266 e. The van der Waals surface area contributed by atoms with E-state index >= 15 is 0 Å². The zero-order chi connectivity index (χ0) is 20.8. The first-order chi connectivity index (χ1) is 14.0. The second-order valence-electron chi connectivity index (χ2n) is 6.56. The Balaban J connectivity index is 1.61. The Labute approximate surface area is 180 Å². The van der Waals surface area contributed by atoms with Crippen LogP contribution in [0.15, 0.2) is 59.5 Å². The number of carbonyl (C=O) groups excluding carboxylic acids is 2. The van der Waals surface area contributed by atoms with Gasteiger partial charge in [0, 0.05) is 32.1 Å². The number of nitrogens with zero attached hydrogens (tertiary/aromatic N) is 2. The average molecular weight is 427 g/mol. The van der Waals surface area contributed by atoms with E-state index in [1.54, 1.807) is 25.1 Å². The zero-order valence-electron chi connectivity index (χ0n) is 16.3. The van der Waals surface area contributed by atoms with Gasteiger partial charge in [0.25, 0.3) is 5.91 Å². The molecule has 0 saturated carbocycles. The van der Waals surface area contributed by atoms with Crippen molar-refractivity contribution in [2.24, 2.45) is 0 Å². The van der Waals surface area contributed by atoms with Gasteiger partial charge in [0.15, 0.2) is 0 Å². The SMILES string of the molecule is COc1ccccc1/C=C1\SC(=S)N(CCC(=O)N(C)Cc2ccccc2)C1=O. The molecule has 0 spiro atoms. The Hall–Kier alpha value is -2.64. The van der Waals surface area contributed by atoms with Crippen molar-refractivity contribution < 1.29 is 14.3 Å². The Morgan fingerprint density at radius 2 is 1.86 bits per heavy atom. The molecule has 7 heteroatoms. The van der Waals surface area contributed by atoms with Crippen LogP contribution < -0.4 is 4.74 Å². The molecule has 2 amide bonds. The number of para-hydroxylation sites is 1. The highest BCUT2D eigenvalue weighted by Gasteiger charge is 2.32. The van der Waals surface area contributed by atoms with Crippen molar-refractivity contribution >= 4 is 46.2 Å². The van der Waals surface area contributed by atoms with Gasteiger partial charge < -0.3 is 9.64 Å². The van der Waals surface area contributed by atoms with Crippen LogP contribution in [0.25, 0.3) is 6.08 Å². The lowest BCUT2D eigenvalue weighted by Gasteiger charge is -2.19. The van der Waals surface area contributed by atoms with Gasteiger partial charge in [-0.15, -0.1) is 0 Å². The lowest BCUT2D eigenvalue weighted by atomic mass is 10.2. The van der Waals surface area contributed by atoms with E-state index in [2.05, 4.69) is 0 Å². The lowest BCUT2D eigenvalue weighted by molar-refractivity contribution is -0.131. The van der Waals surface area contributed by atoms with Gasteiger partial charge in [-0.3, -0.25) is 14.5 Å². The predicted molar refractivity (Wildman–Crippen MR) is 120 cm³/mol. The molecule has 0 unspecified atom stereocenters. The van der Waals surface area contributed by atoms with Gasteiger partial charge in [-0.25, -0.2) is 0 Å². The number of ether oxygens (including phenoxy) is 1. The molecule has 0 aliphatic carbocycles. The molecule has 0 radical (unpaired) electrons. The first kappa shape index (κ1) is 21.1. The molecule has 1 aliphatic rings. The molecular formula is C22H22N2O3S2. The fourth-order valence-electron chi connectivity index (χ4n) is 2.96. The zero-order valence-corrected chi connectivity index (χ0v) is 18.0. The topological polar surface area (TPSA) is 49.9 Å². The summed E-state index contributed by atoms with van der Waals surface area (Å²) in [5.74, 6) is 0.483. The first-order valence-corrected chi connectivity index (χ1v) is 10.4. The number of methoxy groups -OCH3 is 1. The number of carbonyl (C=O) groups is 2. The minimum atomic E-state index is -0.176. The van der Waals surface area contributed by atoms with E-state index < -0.39 is 0 Å². The standard InChI is InChI=1S/C22H22N2O3S2/c1-23(15-16-8-4-3-5-9-16)20(25)12-13-24-21(26)19(29-22(24)28)14-17-10-6-7-11-18(17)27-2/h3-11,14H,12-13,15H2,1-2H3/b19-14-. The van der Waals surface area contributed by atoms with E-state index in [1.165, 1.54) is 16.7 Å². The summed E-state index contributed by atoms with van der Waals surface area (Å²) in [5, 5.41) is 0. The molecule has 0 bridgehead atoms. The summed E-state index contributed by atoms with van der Waals surface area (Å²) in [6.07, 6.45) is 2.00. The highest BCUT2D eigenvalue weighted by molar-refractivity contribution is 8.26. The van der Waals surface area contributed by atoms with Gasteiger partial charge in [-0.1, -0.05) is 72.5 Å². The Morgan fingerprint density at radius 3 is 2.59 bits per heavy atom. The third-order valence-electron chi connectivity index (χ3n) is 4.54. The molecule has 1 saturated heterocycles. The van der Waals surface area contributed by atoms with Crippen LogP contribution in [0.4, 0.5) is 0 Å². The van der Waals surface area contributed by atoms with Crippen LogP contribution in [0, 0.1) is 0 Å². The first-order valence-electron chi connectivity index (χ1n) is 9.16. The van der Waals surface area contributed by atoms with Crippen molar-refractivity contribution in [3.05, 3.63) is 70.6 Å². The Morgan fingerprint density at radius 1 is 1.17 bits per heavy atom. The largest absolute Gasteiger partial charge is 0.496 e. The molecule has 0 atom stereocenters. The van der Waals surface area contributed by atoms with Crippen molar-refractivity contribution in [3.8, 4) is 5.75 Å². The minimum Gasteiger partial charge on any atom is -0.496 e. The molecule has 3 rings (SSSR count). The Kier molecular flexibility index (Phi) is 7.06. The van der Waals surface area contributed by atoms with Gasteiger partial charge >= 0.3 is 0 Å². The van der Waals surface area contributed by atoms with Crippen LogP contribution >= 0.6 is 24.0 Å². The van der Waals surface area contributed by atoms with Gasteiger partial charge in [0.1, 0.15) is 10.1 Å². The van der Waals surface area contributed by atoms with Gasteiger partial charge in [0.05, 0.1) is 12.0 Å². The number of benzene rings is 2. The molecule has 0 N–H and O–H groups in total. The van der Waals surface area contributed by atoms with Gasteiger partial charge in [0.2, 0.25) is 5.91 Å². The van der Waals surface area contributed by atoms with Crippen LogP contribution in [0.1, 0.15) is 17.5 Å². The maximum absolute atomic E-state index is 12.8. The quantitative estimate of drug-likeness (QED) is 0.496. The van der Waals surface area contributed by atoms with Crippen molar-refractivity contribution in [3.63, 3.8) is 0 Å². The molecule has 150 valence electrons. The van der Waals surface area contributed by atoms with E-state index in [1.807, 2.05) is 54.6 Å². The highest BCUT2D eigenvalue weighted by atomic mass is 32.2. The van der Waals surface area contributed by atoms with E-state index in [-0.39, 0.29) is 24.8 Å². The number of rotatable bonds is 7. The summed E-state index contributed by atoms with van der Waals surface area (Å²) in [6, 6.07) is 17.3. The van der Waals surface area contributed by atoms with E-state index in [9.17, 15) is 9.59 Å². The van der Waals surface area contributed by atoms with E-state index in [0.717, 1.165) is 11.1 Å². The molecule has 2 aromatic rings. The summed E-state index contributed by atoms with van der Waals surface area (Å²) in [6.45, 7) is 0.803. The number of hydrogen-bond donors (Lipinski definition) is 0. The van der Waals surface area contributed by atoms with Gasteiger partial charge in [-0.2, -0.15) is 0 Å². The van der Waals surface area contributed by atoms with E-state index in [4.69, 9.17) is 17.0 Å². The molecule has 1 heterocycles. The highest BCUT2D eigenvalue weighted by Crippen LogP contribution is 2.34. The monoisotopic (exact) mass is 426 g/mol. The third kappa shape index (κ3) is 5.25. The summed E-state index contributed by atoms with van der Waals surface area (Å²) >= 11 is 6.61. The number of amides is 2. The lowest BCUT2D eigenvalue weighted by Crippen LogP contribution is -2.34. The summed E-state index contributed by atoms with van der Waals surface area (Å²) in [4.78, 5) is 28.9. The second kappa shape index (κ2) is 9.71. The molecular weight excluding hydrogens is 404 g/mol. The van der Waals surface area contributed by atoms with Crippen molar-refractivity contribution in [1.29, 1.82) is 0 Å². The fourth-order valence-corrected chi connectivity index (χ4v) is 4.26. The third-order valence-corrected chi connectivity index (χ3v) is 5.91. The van der Waals surface area contributed by atoms with Crippen molar-refractivity contribution in [2.75, 3.05) is 20.7 Å². The van der Waals surface area contributed by atoms with E-state index in [0.29, 0.717) is 21.5 Å². The number of thioether (sulfide) groups is 1. The smallest absolute Gasteiger partial charge is 0.266 e. The number of hydrogen-bond acceptors (Lipinski definition) is 5. The van der Waals surface area contributed by atoms with Crippen molar-refractivity contribution in [2.45, 2.75) is 13.0 Å². The normalized spacial score (nSPS) is 15.1. The number of thiocarbonyl (C=S) groups is 1. The van der Waals surface area contributed by atoms with Gasteiger partial charge in [-0.05, 0) is 17.7 Å². The van der Waals surface area contributed by atoms with Crippen LogP contribution in [-0.4, -0.2) is 46.6 Å². The minimum absolute atomic E-state index is 0.0309. The molecule has 29 heavy (non-hydrogen) atoms. The van der Waals surface area contributed by atoms with Crippen LogP contribution in [0.5, 0.6) is 5.75 Å².